The quantitative estimate of drug-likeness (QED) is 0.637. The highest BCUT2D eigenvalue weighted by Gasteiger charge is 2.31. The van der Waals surface area contributed by atoms with Crippen LogP contribution in [0.1, 0.15) is 78.1 Å². The molecule has 4 heteroatoms. The van der Waals surface area contributed by atoms with Crippen LogP contribution in [-0.2, 0) is 9.59 Å². The monoisotopic (exact) mass is 297 g/mol. The molecule has 0 radical (unpaired) electrons. The van der Waals surface area contributed by atoms with Gasteiger partial charge in [0.2, 0.25) is 5.91 Å². The van der Waals surface area contributed by atoms with Crippen molar-refractivity contribution in [3.8, 4) is 0 Å². The fraction of sp³-hybridized carbons (Fsp3) is 0.882. The maximum absolute atomic E-state index is 12.1. The summed E-state index contributed by atoms with van der Waals surface area (Å²) in [5.74, 6) is -0.282. The van der Waals surface area contributed by atoms with Crippen LogP contribution in [0.5, 0.6) is 0 Å². The largest absolute Gasteiger partial charge is 0.481 e. The van der Waals surface area contributed by atoms with Crippen molar-refractivity contribution in [2.24, 2.45) is 11.3 Å². The number of carbonyl (C=O) groups excluding carboxylic acids is 1. The predicted octanol–water partition coefficient (Wildman–Crippen LogP) is 3.74. The second kappa shape index (κ2) is 9.06. The minimum Gasteiger partial charge on any atom is -0.481 e. The van der Waals surface area contributed by atoms with Crippen molar-refractivity contribution in [1.29, 1.82) is 0 Å². The maximum Gasteiger partial charge on any atom is 0.303 e. The van der Waals surface area contributed by atoms with Gasteiger partial charge in [-0.15, -0.1) is 0 Å². The summed E-state index contributed by atoms with van der Waals surface area (Å²) in [6.45, 7) is 5.27. The fourth-order valence-corrected chi connectivity index (χ4v) is 3.21. The molecule has 0 spiro atoms. The third kappa shape index (κ3) is 8.08. The first-order chi connectivity index (χ1) is 9.91. The van der Waals surface area contributed by atoms with Gasteiger partial charge in [0, 0.05) is 18.9 Å². The first-order valence-corrected chi connectivity index (χ1v) is 8.40. The Morgan fingerprint density at radius 3 is 2.48 bits per heavy atom. The van der Waals surface area contributed by atoms with E-state index < -0.39 is 5.97 Å². The van der Waals surface area contributed by atoms with Crippen molar-refractivity contribution >= 4 is 11.9 Å². The summed E-state index contributed by atoms with van der Waals surface area (Å²) in [7, 11) is 0. The summed E-state index contributed by atoms with van der Waals surface area (Å²) in [5, 5.41) is 11.6. The Morgan fingerprint density at radius 2 is 1.81 bits per heavy atom. The van der Waals surface area contributed by atoms with Gasteiger partial charge in [0.05, 0.1) is 0 Å². The number of nitrogens with one attached hydrogen (secondary N) is 1. The SMILES string of the molecule is CC1(C)CCCC(C(=O)NCCCCCCCC(=O)O)C1. The number of carboxylic acid groups (broad SMARTS) is 1. The summed E-state index contributed by atoms with van der Waals surface area (Å²) < 4.78 is 0. The number of rotatable bonds is 9. The Kier molecular flexibility index (Phi) is 7.76. The van der Waals surface area contributed by atoms with Gasteiger partial charge in [-0.05, 0) is 37.5 Å². The normalized spacial score (nSPS) is 21.0. The number of amides is 1. The molecule has 1 atom stereocenters. The number of hydrogen-bond donors (Lipinski definition) is 2. The Labute approximate surface area is 128 Å². The van der Waals surface area contributed by atoms with E-state index in [1.807, 2.05) is 0 Å². The van der Waals surface area contributed by atoms with E-state index in [9.17, 15) is 9.59 Å². The Balaban J connectivity index is 2.02. The second-order valence-electron chi connectivity index (χ2n) is 7.16. The highest BCUT2D eigenvalue weighted by molar-refractivity contribution is 5.78. The van der Waals surface area contributed by atoms with Gasteiger partial charge in [0.1, 0.15) is 0 Å². The number of aliphatic carboxylic acids is 1. The third-order valence-corrected chi connectivity index (χ3v) is 4.44. The second-order valence-corrected chi connectivity index (χ2v) is 7.16. The smallest absolute Gasteiger partial charge is 0.303 e. The summed E-state index contributed by atoms with van der Waals surface area (Å²) in [6, 6.07) is 0. The molecule has 0 aromatic carbocycles. The highest BCUT2D eigenvalue weighted by Crippen LogP contribution is 2.38. The predicted molar refractivity (Wildman–Crippen MR) is 84.1 cm³/mol. The molecule has 1 fully saturated rings. The number of unbranched alkanes of at least 4 members (excludes halogenated alkanes) is 4. The molecule has 122 valence electrons. The van der Waals surface area contributed by atoms with Crippen molar-refractivity contribution < 1.29 is 14.7 Å². The summed E-state index contributed by atoms with van der Waals surface area (Å²) >= 11 is 0. The minimum absolute atomic E-state index is 0.198. The average Bonchev–Trinajstić information content (AvgIpc) is 2.40. The van der Waals surface area contributed by atoms with Gasteiger partial charge in [0.15, 0.2) is 0 Å². The first-order valence-electron chi connectivity index (χ1n) is 8.40. The zero-order chi connectivity index (χ0) is 15.7. The number of carbonyl (C=O) groups is 2. The van der Waals surface area contributed by atoms with E-state index >= 15 is 0 Å². The van der Waals surface area contributed by atoms with Crippen LogP contribution in [0.4, 0.5) is 0 Å². The topological polar surface area (TPSA) is 66.4 Å². The van der Waals surface area contributed by atoms with Crippen molar-refractivity contribution in [2.45, 2.75) is 78.1 Å². The standard InChI is InChI=1S/C17H31NO3/c1-17(2)11-8-9-14(13-17)16(21)18-12-7-5-3-4-6-10-15(19)20/h14H,3-13H2,1-2H3,(H,18,21)(H,19,20). The van der Waals surface area contributed by atoms with Crippen molar-refractivity contribution in [1.82, 2.24) is 5.32 Å². The Morgan fingerprint density at radius 1 is 1.14 bits per heavy atom. The molecule has 21 heavy (non-hydrogen) atoms. The van der Waals surface area contributed by atoms with Gasteiger partial charge in [0.25, 0.3) is 0 Å². The number of carboxylic acids is 1. The van der Waals surface area contributed by atoms with Crippen LogP contribution in [0.25, 0.3) is 0 Å². The van der Waals surface area contributed by atoms with Crippen LogP contribution >= 0.6 is 0 Å². The average molecular weight is 297 g/mol. The van der Waals surface area contributed by atoms with Crippen LogP contribution in [0, 0.1) is 11.3 Å². The van der Waals surface area contributed by atoms with Crippen LogP contribution in [0.2, 0.25) is 0 Å². The molecule has 1 aliphatic carbocycles. The van der Waals surface area contributed by atoms with Crippen molar-refractivity contribution in [2.75, 3.05) is 6.54 Å². The van der Waals surface area contributed by atoms with E-state index in [2.05, 4.69) is 19.2 Å². The minimum atomic E-state index is -0.710. The van der Waals surface area contributed by atoms with E-state index in [1.165, 1.54) is 6.42 Å². The van der Waals surface area contributed by atoms with Gasteiger partial charge in [-0.25, -0.2) is 0 Å². The van der Waals surface area contributed by atoms with Crippen molar-refractivity contribution in [3.63, 3.8) is 0 Å². The zero-order valence-electron chi connectivity index (χ0n) is 13.6. The third-order valence-electron chi connectivity index (χ3n) is 4.44. The molecule has 1 unspecified atom stereocenters. The van der Waals surface area contributed by atoms with Gasteiger partial charge < -0.3 is 10.4 Å². The lowest BCUT2D eigenvalue weighted by Crippen LogP contribution is -2.36. The van der Waals surface area contributed by atoms with E-state index in [1.54, 1.807) is 0 Å². The molecule has 0 aromatic heterocycles. The first kappa shape index (κ1) is 18.0. The molecule has 0 heterocycles. The van der Waals surface area contributed by atoms with Crippen molar-refractivity contribution in [3.05, 3.63) is 0 Å². The lowest BCUT2D eigenvalue weighted by Gasteiger charge is -2.34. The lowest BCUT2D eigenvalue weighted by molar-refractivity contribution is -0.137. The maximum atomic E-state index is 12.1. The molecule has 0 aromatic rings. The Bertz CT molecular complexity index is 339. The summed E-state index contributed by atoms with van der Waals surface area (Å²) in [5.41, 5.74) is 0.310. The fourth-order valence-electron chi connectivity index (χ4n) is 3.21. The lowest BCUT2D eigenvalue weighted by atomic mass is 9.72. The summed E-state index contributed by atoms with van der Waals surface area (Å²) in [4.78, 5) is 22.5. The van der Waals surface area contributed by atoms with Gasteiger partial charge >= 0.3 is 5.97 Å². The van der Waals surface area contributed by atoms with E-state index in [-0.39, 0.29) is 18.2 Å². The molecule has 2 N–H and O–H groups in total. The van der Waals surface area contributed by atoms with Crippen LogP contribution < -0.4 is 5.32 Å². The molecule has 0 aliphatic heterocycles. The molecule has 1 amide bonds. The highest BCUT2D eigenvalue weighted by atomic mass is 16.4. The van der Waals surface area contributed by atoms with Gasteiger partial charge in [-0.3, -0.25) is 9.59 Å². The van der Waals surface area contributed by atoms with E-state index in [0.717, 1.165) is 57.9 Å². The van der Waals surface area contributed by atoms with E-state index in [4.69, 9.17) is 5.11 Å². The molecule has 1 aliphatic rings. The van der Waals surface area contributed by atoms with Gasteiger partial charge in [-0.2, -0.15) is 0 Å². The molecule has 0 saturated heterocycles. The van der Waals surface area contributed by atoms with E-state index in [0.29, 0.717) is 5.41 Å². The molecule has 0 bridgehead atoms. The molecule has 1 rings (SSSR count). The molecular formula is C17H31NO3. The van der Waals surface area contributed by atoms with Crippen LogP contribution in [0.15, 0.2) is 0 Å². The Hall–Kier alpha value is -1.06. The van der Waals surface area contributed by atoms with Crippen LogP contribution in [-0.4, -0.2) is 23.5 Å². The number of hydrogen-bond acceptors (Lipinski definition) is 2. The molecule has 4 nitrogen and oxygen atoms in total. The summed E-state index contributed by atoms with van der Waals surface area (Å²) in [6.07, 6.45) is 9.55. The molecule has 1 saturated carbocycles. The van der Waals surface area contributed by atoms with Crippen LogP contribution in [0.3, 0.4) is 0 Å². The van der Waals surface area contributed by atoms with Gasteiger partial charge in [-0.1, -0.05) is 39.5 Å². The molecular weight excluding hydrogens is 266 g/mol. The zero-order valence-corrected chi connectivity index (χ0v) is 13.6.